The first kappa shape index (κ1) is 20.9. The van der Waals surface area contributed by atoms with Crippen LogP contribution >= 0.6 is 0 Å². The lowest BCUT2D eigenvalue weighted by molar-refractivity contribution is -0.134. The van der Waals surface area contributed by atoms with Crippen LogP contribution < -0.4 is 10.2 Å². The highest BCUT2D eigenvalue weighted by atomic mass is 16.2. The normalized spacial score (nSPS) is 14.5. The Morgan fingerprint density at radius 1 is 1.00 bits per heavy atom. The van der Waals surface area contributed by atoms with E-state index in [2.05, 4.69) is 27.2 Å². The summed E-state index contributed by atoms with van der Waals surface area (Å²) in [6, 6.07) is 16.3. The fraction of sp³-hybridized carbons (Fsp3) is 0.391. The maximum Gasteiger partial charge on any atom is 0.243 e. The molecule has 1 fully saturated rings. The predicted octanol–water partition coefficient (Wildman–Crippen LogP) is 2.52. The molecule has 1 heterocycles. The number of hydrogen-bond acceptors (Lipinski definition) is 4. The van der Waals surface area contributed by atoms with Crippen LogP contribution in [-0.2, 0) is 9.59 Å². The van der Waals surface area contributed by atoms with Crippen molar-refractivity contribution in [3.8, 4) is 0 Å². The van der Waals surface area contributed by atoms with E-state index in [1.165, 1.54) is 10.6 Å². The molecule has 6 nitrogen and oxygen atoms in total. The number of benzene rings is 2. The zero-order valence-corrected chi connectivity index (χ0v) is 17.5. The van der Waals surface area contributed by atoms with Crippen LogP contribution in [0.2, 0.25) is 0 Å². The molecule has 3 rings (SSSR count). The second-order valence-electron chi connectivity index (χ2n) is 7.72. The van der Waals surface area contributed by atoms with Crippen molar-refractivity contribution in [3.63, 3.8) is 0 Å². The summed E-state index contributed by atoms with van der Waals surface area (Å²) in [5, 5.41) is 2.91. The molecular formula is C23H30N4O2. The van der Waals surface area contributed by atoms with Gasteiger partial charge in [-0.2, -0.15) is 0 Å². The monoisotopic (exact) mass is 394 g/mol. The summed E-state index contributed by atoms with van der Waals surface area (Å²) >= 11 is 0. The molecule has 29 heavy (non-hydrogen) atoms. The number of piperazine rings is 1. The van der Waals surface area contributed by atoms with Gasteiger partial charge in [-0.3, -0.25) is 14.5 Å². The number of amides is 2. The first-order chi connectivity index (χ1) is 13.9. The van der Waals surface area contributed by atoms with Crippen LogP contribution in [-0.4, -0.2) is 67.9 Å². The van der Waals surface area contributed by atoms with Crippen molar-refractivity contribution in [2.45, 2.75) is 13.8 Å². The number of rotatable bonds is 6. The maximum atomic E-state index is 12.6. The summed E-state index contributed by atoms with van der Waals surface area (Å²) in [7, 11) is 1.69. The quantitative estimate of drug-likeness (QED) is 0.818. The summed E-state index contributed by atoms with van der Waals surface area (Å²) in [4.78, 5) is 30.9. The SMILES string of the molecule is Cc1ccc(C)c(NC(=O)CN(C)C(=O)CN2CCN(c3ccccc3)CC2)c1. The molecular weight excluding hydrogens is 364 g/mol. The Bertz CT molecular complexity index is 845. The third-order valence-electron chi connectivity index (χ3n) is 5.33. The van der Waals surface area contributed by atoms with E-state index in [9.17, 15) is 9.59 Å². The molecule has 1 N–H and O–H groups in total. The van der Waals surface area contributed by atoms with Gasteiger partial charge in [0.15, 0.2) is 0 Å². The minimum atomic E-state index is -0.177. The van der Waals surface area contributed by atoms with E-state index in [0.29, 0.717) is 6.54 Å². The van der Waals surface area contributed by atoms with Gasteiger partial charge in [-0.05, 0) is 43.2 Å². The van der Waals surface area contributed by atoms with Crippen molar-refractivity contribution in [1.82, 2.24) is 9.80 Å². The number of aryl methyl sites for hydroxylation is 2. The lowest BCUT2D eigenvalue weighted by Gasteiger charge is -2.36. The van der Waals surface area contributed by atoms with Gasteiger partial charge in [0.1, 0.15) is 0 Å². The Balaban J connectivity index is 1.44. The Hall–Kier alpha value is -2.86. The van der Waals surface area contributed by atoms with Crippen molar-refractivity contribution in [2.24, 2.45) is 0 Å². The lowest BCUT2D eigenvalue weighted by Crippen LogP contribution is -2.50. The highest BCUT2D eigenvalue weighted by Gasteiger charge is 2.21. The number of para-hydroxylation sites is 1. The van der Waals surface area contributed by atoms with Crippen LogP contribution in [0.4, 0.5) is 11.4 Å². The van der Waals surface area contributed by atoms with Gasteiger partial charge >= 0.3 is 0 Å². The van der Waals surface area contributed by atoms with Gasteiger partial charge in [0.25, 0.3) is 0 Å². The predicted molar refractivity (Wildman–Crippen MR) is 117 cm³/mol. The van der Waals surface area contributed by atoms with E-state index in [4.69, 9.17) is 0 Å². The van der Waals surface area contributed by atoms with Gasteiger partial charge < -0.3 is 15.1 Å². The Kier molecular flexibility index (Phi) is 6.88. The summed E-state index contributed by atoms with van der Waals surface area (Å²) in [6.07, 6.45) is 0. The number of hydrogen-bond donors (Lipinski definition) is 1. The second-order valence-corrected chi connectivity index (χ2v) is 7.72. The number of anilines is 2. The number of nitrogens with one attached hydrogen (secondary N) is 1. The zero-order chi connectivity index (χ0) is 20.8. The highest BCUT2D eigenvalue weighted by molar-refractivity contribution is 5.95. The van der Waals surface area contributed by atoms with Crippen LogP contribution in [0.15, 0.2) is 48.5 Å². The standard InChI is InChI=1S/C23H30N4O2/c1-18-9-10-19(2)21(15-18)24-22(28)16-25(3)23(29)17-26-11-13-27(14-12-26)20-7-5-4-6-8-20/h4-10,15H,11-14,16-17H2,1-3H3,(H,24,28). The van der Waals surface area contributed by atoms with Crippen molar-refractivity contribution in [2.75, 3.05) is 56.5 Å². The molecule has 0 aliphatic carbocycles. The van der Waals surface area contributed by atoms with E-state index in [1.807, 2.05) is 50.2 Å². The third kappa shape index (κ3) is 5.81. The zero-order valence-electron chi connectivity index (χ0n) is 17.5. The number of carbonyl (C=O) groups is 2. The van der Waals surface area contributed by atoms with Crippen molar-refractivity contribution >= 4 is 23.2 Å². The van der Waals surface area contributed by atoms with Crippen LogP contribution in [0.3, 0.4) is 0 Å². The van der Waals surface area contributed by atoms with Crippen molar-refractivity contribution < 1.29 is 9.59 Å². The summed E-state index contributed by atoms with van der Waals surface area (Å²) in [6.45, 7) is 7.81. The molecule has 0 radical (unpaired) electrons. The van der Waals surface area contributed by atoms with Gasteiger partial charge in [-0.1, -0.05) is 30.3 Å². The molecule has 1 saturated heterocycles. The fourth-order valence-corrected chi connectivity index (χ4v) is 3.48. The average Bonchev–Trinajstić information content (AvgIpc) is 2.72. The molecule has 1 aliphatic heterocycles. The van der Waals surface area contributed by atoms with Crippen LogP contribution in [0, 0.1) is 13.8 Å². The largest absolute Gasteiger partial charge is 0.369 e. The van der Waals surface area contributed by atoms with Gasteiger partial charge in [0.05, 0.1) is 13.1 Å². The van der Waals surface area contributed by atoms with Crippen LogP contribution in [0.25, 0.3) is 0 Å². The van der Waals surface area contributed by atoms with E-state index >= 15 is 0 Å². The third-order valence-corrected chi connectivity index (χ3v) is 5.33. The van der Waals surface area contributed by atoms with Gasteiger partial charge in [0, 0.05) is 44.6 Å². The van der Waals surface area contributed by atoms with E-state index in [0.717, 1.165) is 43.0 Å². The first-order valence-corrected chi connectivity index (χ1v) is 10.1. The van der Waals surface area contributed by atoms with Crippen molar-refractivity contribution in [3.05, 3.63) is 59.7 Å². The molecule has 0 bridgehead atoms. The minimum Gasteiger partial charge on any atom is -0.369 e. The molecule has 0 atom stereocenters. The first-order valence-electron chi connectivity index (χ1n) is 10.1. The molecule has 2 amide bonds. The van der Waals surface area contributed by atoms with E-state index in [-0.39, 0.29) is 18.4 Å². The van der Waals surface area contributed by atoms with Gasteiger partial charge in [-0.15, -0.1) is 0 Å². The van der Waals surface area contributed by atoms with Crippen LogP contribution in [0.1, 0.15) is 11.1 Å². The lowest BCUT2D eigenvalue weighted by atomic mass is 10.1. The smallest absolute Gasteiger partial charge is 0.243 e. The maximum absolute atomic E-state index is 12.6. The Morgan fingerprint density at radius 3 is 2.38 bits per heavy atom. The average molecular weight is 395 g/mol. The molecule has 0 aromatic heterocycles. The highest BCUT2D eigenvalue weighted by Crippen LogP contribution is 2.17. The van der Waals surface area contributed by atoms with Crippen LogP contribution in [0.5, 0.6) is 0 Å². The molecule has 0 spiro atoms. The molecule has 0 saturated carbocycles. The molecule has 6 heteroatoms. The molecule has 1 aliphatic rings. The van der Waals surface area contributed by atoms with Crippen molar-refractivity contribution in [1.29, 1.82) is 0 Å². The summed E-state index contributed by atoms with van der Waals surface area (Å²) in [5.41, 5.74) is 4.12. The summed E-state index contributed by atoms with van der Waals surface area (Å²) < 4.78 is 0. The van der Waals surface area contributed by atoms with Gasteiger partial charge in [-0.25, -0.2) is 0 Å². The minimum absolute atomic E-state index is 0.0331. The summed E-state index contributed by atoms with van der Waals surface area (Å²) in [5.74, 6) is -0.210. The number of nitrogens with zero attached hydrogens (tertiary/aromatic N) is 3. The number of carbonyl (C=O) groups excluding carboxylic acids is 2. The molecule has 154 valence electrons. The fourth-order valence-electron chi connectivity index (χ4n) is 3.48. The second kappa shape index (κ2) is 9.56. The molecule has 0 unspecified atom stereocenters. The van der Waals surface area contributed by atoms with E-state index in [1.54, 1.807) is 7.05 Å². The Morgan fingerprint density at radius 2 is 1.69 bits per heavy atom. The topological polar surface area (TPSA) is 55.9 Å². The number of likely N-dealkylation sites (N-methyl/N-ethyl adjacent to an activating group) is 1. The molecule has 2 aromatic carbocycles. The van der Waals surface area contributed by atoms with E-state index < -0.39 is 0 Å². The molecule has 2 aromatic rings. The van der Waals surface area contributed by atoms with Gasteiger partial charge in [0.2, 0.25) is 11.8 Å². The Labute approximate surface area is 173 Å².